The third-order valence-corrected chi connectivity index (χ3v) is 12.4. The zero-order chi connectivity index (χ0) is 22.6. The van der Waals surface area contributed by atoms with Gasteiger partial charge < -0.3 is 24.8 Å². The maximum Gasteiger partial charge on any atom is -1.00 e. The summed E-state index contributed by atoms with van der Waals surface area (Å²) in [5, 5.41) is 4.59. The minimum Gasteiger partial charge on any atom is -1.00 e. The van der Waals surface area contributed by atoms with Crippen LogP contribution in [0.25, 0.3) is 6.08 Å². The molecule has 0 spiro atoms. The Bertz CT molecular complexity index is 1160. The third-order valence-electron chi connectivity index (χ3n) is 6.73. The predicted molar refractivity (Wildman–Crippen MR) is 141 cm³/mol. The predicted octanol–water partition coefficient (Wildman–Crippen LogP) is 1.96. The Labute approximate surface area is 233 Å². The maximum atomic E-state index is 2.55. The van der Waals surface area contributed by atoms with E-state index in [4.69, 9.17) is 0 Å². The van der Waals surface area contributed by atoms with E-state index in [0.29, 0.717) is 10.1 Å². The van der Waals surface area contributed by atoms with Gasteiger partial charge in [-0.25, -0.2) is 0 Å². The number of rotatable bonds is 8. The molecule has 0 nitrogen and oxygen atoms in total. The Balaban J connectivity index is 0.00000171. The van der Waals surface area contributed by atoms with Crippen LogP contribution in [0.3, 0.4) is 0 Å². The summed E-state index contributed by atoms with van der Waals surface area (Å²) in [7, 11) is -0.545. The van der Waals surface area contributed by atoms with Crippen molar-refractivity contribution < 1.29 is 44.0 Å². The molecule has 35 heavy (non-hydrogen) atoms. The van der Waals surface area contributed by atoms with Crippen LogP contribution in [-0.2, 0) is 19.2 Å². The van der Waals surface area contributed by atoms with Crippen LogP contribution in [0.5, 0.6) is 0 Å². The fraction of sp³-hybridized carbons (Fsp3) is 0.226. The first-order valence-corrected chi connectivity index (χ1v) is 15.2. The van der Waals surface area contributed by atoms with Crippen LogP contribution >= 0.6 is 7.92 Å². The molecule has 0 heterocycles. The van der Waals surface area contributed by atoms with Gasteiger partial charge in [-0.1, -0.05) is 0 Å². The van der Waals surface area contributed by atoms with Gasteiger partial charge in [-0.2, -0.15) is 0 Å². The van der Waals surface area contributed by atoms with Crippen molar-refractivity contribution in [1.29, 1.82) is 0 Å². The average Bonchev–Trinajstić information content (AvgIpc) is 3.46. The van der Waals surface area contributed by atoms with Gasteiger partial charge in [-0.3, -0.25) is 0 Å². The number of benzene rings is 3. The summed E-state index contributed by atoms with van der Waals surface area (Å²) >= 11 is -0.324. The van der Waals surface area contributed by atoms with Gasteiger partial charge in [-0.15, -0.1) is 0 Å². The Hall–Kier alpha value is -1.40. The number of allylic oxidation sites excluding steroid dienone is 5. The summed E-state index contributed by atoms with van der Waals surface area (Å²) in [6.45, 7) is 4.74. The molecular formula is C31H31Cl2PTi. The molecule has 3 aromatic rings. The topological polar surface area (TPSA) is 0 Å². The minimum absolute atomic E-state index is 0. The fourth-order valence-electron chi connectivity index (χ4n) is 5.14. The van der Waals surface area contributed by atoms with Crippen molar-refractivity contribution in [2.24, 2.45) is 5.92 Å². The Morgan fingerprint density at radius 3 is 2.09 bits per heavy atom. The van der Waals surface area contributed by atoms with E-state index >= 15 is 0 Å². The number of hydrogen-bond donors (Lipinski definition) is 0. The summed E-state index contributed by atoms with van der Waals surface area (Å²) in [5.74, 6) is 0.682. The first-order chi connectivity index (χ1) is 16.3. The molecule has 2 aliphatic carbocycles. The van der Waals surface area contributed by atoms with Crippen LogP contribution in [0.1, 0.15) is 48.5 Å². The molecule has 0 fully saturated rings. The van der Waals surface area contributed by atoms with E-state index < -0.39 is 7.92 Å². The van der Waals surface area contributed by atoms with Gasteiger partial charge in [-0.05, 0) is 0 Å². The van der Waals surface area contributed by atoms with E-state index in [1.54, 1.807) is 20.3 Å². The van der Waals surface area contributed by atoms with Gasteiger partial charge in [0.2, 0.25) is 0 Å². The van der Waals surface area contributed by atoms with Crippen molar-refractivity contribution >= 4 is 24.6 Å². The van der Waals surface area contributed by atoms with Gasteiger partial charge in [0.15, 0.2) is 0 Å². The normalized spacial score (nSPS) is 16.8. The molecule has 2 aliphatic rings. The summed E-state index contributed by atoms with van der Waals surface area (Å²) in [6, 6.07) is 31.6. The quantitative estimate of drug-likeness (QED) is 0.296. The van der Waals surface area contributed by atoms with Gasteiger partial charge in [0, 0.05) is 0 Å². The summed E-state index contributed by atoms with van der Waals surface area (Å²) in [4.78, 5) is 0. The first kappa shape index (κ1) is 28.2. The number of hydrogen-bond acceptors (Lipinski definition) is 0. The van der Waals surface area contributed by atoms with Crippen LogP contribution in [-0.4, -0.2) is 0 Å². The van der Waals surface area contributed by atoms with E-state index in [9.17, 15) is 0 Å². The molecular weight excluding hydrogens is 522 g/mol. The summed E-state index contributed by atoms with van der Waals surface area (Å²) in [5.41, 5.74) is 4.66. The molecule has 2 unspecified atom stereocenters. The zero-order valence-electron chi connectivity index (χ0n) is 20.3. The van der Waals surface area contributed by atoms with Crippen molar-refractivity contribution in [2.45, 2.75) is 37.3 Å². The van der Waals surface area contributed by atoms with Crippen molar-refractivity contribution in [2.75, 3.05) is 0 Å². The van der Waals surface area contributed by atoms with E-state index in [1.165, 1.54) is 35.4 Å². The molecule has 0 radical (unpaired) electrons. The summed E-state index contributed by atoms with van der Waals surface area (Å²) in [6.07, 6.45) is 11.1. The van der Waals surface area contributed by atoms with Crippen LogP contribution < -0.4 is 35.4 Å². The van der Waals surface area contributed by atoms with Crippen molar-refractivity contribution in [1.82, 2.24) is 0 Å². The molecule has 178 valence electrons. The molecule has 4 heteroatoms. The number of fused-ring (bicyclic) bond motifs is 1. The fourth-order valence-corrected chi connectivity index (χ4v) is 11.2. The van der Waals surface area contributed by atoms with E-state index in [0.717, 1.165) is 0 Å². The standard InChI is InChI=1S/C21H16P.C10H15.2ClH.Ti/c1-3-11-19(12-4-1)22(20-13-5-2-6-14-20)21-15-17-9-7-8-10-18(17)16-21;1-3-6-9(2)10-7-4-5-8-10;;;/h1-16H;4,7,9H,3,5-6H2,1-2H3;2*1H;/q;;;;+2/p-2. The minimum atomic E-state index is -0.545. The molecule has 3 aromatic carbocycles. The second-order valence-electron chi connectivity index (χ2n) is 9.01. The van der Waals surface area contributed by atoms with E-state index in [1.807, 2.05) is 0 Å². The van der Waals surface area contributed by atoms with Crippen molar-refractivity contribution in [3.63, 3.8) is 0 Å². The Morgan fingerprint density at radius 2 is 1.46 bits per heavy atom. The van der Waals surface area contributed by atoms with Crippen LogP contribution in [0.2, 0.25) is 0 Å². The van der Waals surface area contributed by atoms with Gasteiger partial charge in [0.05, 0.1) is 0 Å². The first-order valence-electron chi connectivity index (χ1n) is 12.1. The van der Waals surface area contributed by atoms with Crippen LogP contribution in [0.4, 0.5) is 0 Å². The Kier molecular flexibility index (Phi) is 10.7. The molecule has 0 amide bonds. The molecule has 0 aromatic heterocycles. The summed E-state index contributed by atoms with van der Waals surface area (Å²) < 4.78 is 2.35. The molecule has 0 saturated carbocycles. The molecule has 0 bridgehead atoms. The van der Waals surface area contributed by atoms with Crippen molar-refractivity contribution in [3.8, 4) is 0 Å². The molecule has 5 rings (SSSR count). The largest absolute Gasteiger partial charge is 1.00 e. The number of halogens is 2. The van der Waals surface area contributed by atoms with Gasteiger partial charge in [0.25, 0.3) is 0 Å². The smallest absolute Gasteiger partial charge is 1.00 e. The molecule has 0 saturated heterocycles. The molecule has 0 N–H and O–H groups in total. The molecule has 2 atom stereocenters. The molecule has 0 aliphatic heterocycles. The third kappa shape index (κ3) is 6.13. The average molecular weight is 553 g/mol. The second-order valence-corrected chi connectivity index (χ2v) is 13.5. The second kappa shape index (κ2) is 13.2. The van der Waals surface area contributed by atoms with E-state index in [-0.39, 0.29) is 44.0 Å². The Morgan fingerprint density at radius 1 is 0.857 bits per heavy atom. The maximum absolute atomic E-state index is 2.55. The van der Waals surface area contributed by atoms with Crippen LogP contribution in [0.15, 0.2) is 112 Å². The SMILES string of the molecule is CCCC(C)C1=[C]([Ti+2][CH]2C(P(c3ccccc3)c3ccccc3)=Cc3ccccc32)CC=C1.[Cl-].[Cl-]. The van der Waals surface area contributed by atoms with Gasteiger partial charge >= 0.3 is 210 Å². The monoisotopic (exact) mass is 552 g/mol. The van der Waals surface area contributed by atoms with Crippen LogP contribution in [0, 0.1) is 5.92 Å². The zero-order valence-corrected chi connectivity index (χ0v) is 24.3. The van der Waals surface area contributed by atoms with Crippen molar-refractivity contribution in [3.05, 3.63) is 123 Å². The van der Waals surface area contributed by atoms with E-state index in [2.05, 4.69) is 117 Å². The van der Waals surface area contributed by atoms with Gasteiger partial charge in [0.1, 0.15) is 0 Å².